The lowest BCUT2D eigenvalue weighted by Crippen LogP contribution is -1.94. The van der Waals surface area contributed by atoms with Gasteiger partial charge in [0.25, 0.3) is 0 Å². The standard InChI is InChI=1S/C16H12N4S/c17-13-10-20(12-5-7-18-8-6-12)19-16(13)15-9-11-3-1-2-4-14(11)21-15/h1-10H,17H2. The average molecular weight is 292 g/mol. The van der Waals surface area contributed by atoms with Crippen molar-refractivity contribution in [1.82, 2.24) is 14.8 Å². The van der Waals surface area contributed by atoms with Gasteiger partial charge >= 0.3 is 0 Å². The lowest BCUT2D eigenvalue weighted by atomic mass is 10.2. The molecule has 21 heavy (non-hydrogen) atoms. The van der Waals surface area contributed by atoms with Crippen LogP contribution < -0.4 is 5.73 Å². The summed E-state index contributed by atoms with van der Waals surface area (Å²) in [7, 11) is 0. The monoisotopic (exact) mass is 292 g/mol. The van der Waals surface area contributed by atoms with Gasteiger partial charge in [-0.05, 0) is 29.7 Å². The van der Waals surface area contributed by atoms with E-state index in [0.29, 0.717) is 5.69 Å². The fraction of sp³-hybridized carbons (Fsp3) is 0. The third-order valence-electron chi connectivity index (χ3n) is 3.33. The van der Waals surface area contributed by atoms with Gasteiger partial charge in [-0.2, -0.15) is 5.10 Å². The molecule has 0 aliphatic carbocycles. The van der Waals surface area contributed by atoms with Crippen LogP contribution in [0.1, 0.15) is 0 Å². The Balaban J connectivity index is 1.84. The van der Waals surface area contributed by atoms with Crippen molar-refractivity contribution in [3.05, 3.63) is 61.1 Å². The molecule has 0 unspecified atom stereocenters. The summed E-state index contributed by atoms with van der Waals surface area (Å²) in [5.41, 5.74) is 8.59. The molecule has 0 amide bonds. The quantitative estimate of drug-likeness (QED) is 0.612. The first-order chi connectivity index (χ1) is 10.3. The highest BCUT2D eigenvalue weighted by Crippen LogP contribution is 2.35. The molecule has 0 saturated heterocycles. The number of thiophene rings is 1. The minimum Gasteiger partial charge on any atom is -0.396 e. The van der Waals surface area contributed by atoms with Crippen molar-refractivity contribution in [3.63, 3.8) is 0 Å². The van der Waals surface area contributed by atoms with Crippen LogP contribution in [-0.4, -0.2) is 14.8 Å². The van der Waals surface area contributed by atoms with Crippen LogP contribution >= 0.6 is 11.3 Å². The Bertz CT molecular complexity index is 875. The molecule has 5 heteroatoms. The molecular weight excluding hydrogens is 280 g/mol. The Labute approximate surface area is 125 Å². The molecule has 4 aromatic rings. The van der Waals surface area contributed by atoms with Gasteiger partial charge in [0, 0.05) is 17.1 Å². The number of nitrogens with two attached hydrogens (primary N) is 1. The van der Waals surface area contributed by atoms with Gasteiger partial charge in [0.15, 0.2) is 0 Å². The van der Waals surface area contributed by atoms with Gasteiger partial charge in [0.05, 0.1) is 22.4 Å². The molecule has 0 atom stereocenters. The summed E-state index contributed by atoms with van der Waals surface area (Å²) < 4.78 is 3.03. The first kappa shape index (κ1) is 12.1. The second-order valence-electron chi connectivity index (χ2n) is 4.73. The summed E-state index contributed by atoms with van der Waals surface area (Å²) in [5.74, 6) is 0. The Morgan fingerprint density at radius 1 is 1.05 bits per heavy atom. The second kappa shape index (κ2) is 4.71. The smallest absolute Gasteiger partial charge is 0.126 e. The number of hydrogen-bond donors (Lipinski definition) is 1. The van der Waals surface area contributed by atoms with Crippen LogP contribution in [0.2, 0.25) is 0 Å². The third-order valence-corrected chi connectivity index (χ3v) is 4.45. The van der Waals surface area contributed by atoms with Crippen LogP contribution in [0.3, 0.4) is 0 Å². The fourth-order valence-electron chi connectivity index (χ4n) is 2.31. The van der Waals surface area contributed by atoms with Gasteiger partial charge < -0.3 is 5.73 Å². The van der Waals surface area contributed by atoms with Crippen LogP contribution in [0.15, 0.2) is 61.1 Å². The molecule has 0 aliphatic heterocycles. The number of aromatic nitrogens is 3. The van der Waals surface area contributed by atoms with Crippen molar-refractivity contribution in [2.24, 2.45) is 0 Å². The highest BCUT2D eigenvalue weighted by atomic mass is 32.1. The Morgan fingerprint density at radius 2 is 1.86 bits per heavy atom. The van der Waals surface area contributed by atoms with E-state index in [1.165, 1.54) is 10.1 Å². The highest BCUT2D eigenvalue weighted by molar-refractivity contribution is 7.22. The lowest BCUT2D eigenvalue weighted by molar-refractivity contribution is 0.882. The van der Waals surface area contributed by atoms with E-state index in [4.69, 9.17) is 5.73 Å². The highest BCUT2D eigenvalue weighted by Gasteiger charge is 2.12. The third kappa shape index (κ3) is 2.08. The van der Waals surface area contributed by atoms with E-state index in [-0.39, 0.29) is 0 Å². The maximum absolute atomic E-state index is 6.14. The Morgan fingerprint density at radius 3 is 2.67 bits per heavy atom. The molecule has 102 valence electrons. The van der Waals surface area contributed by atoms with Crippen LogP contribution in [0.4, 0.5) is 5.69 Å². The molecule has 0 aliphatic rings. The predicted octanol–water partition coefficient (Wildman–Crippen LogP) is 3.73. The van der Waals surface area contributed by atoms with Crippen molar-refractivity contribution >= 4 is 27.1 Å². The van der Waals surface area contributed by atoms with E-state index in [1.807, 2.05) is 30.5 Å². The van der Waals surface area contributed by atoms with E-state index in [0.717, 1.165) is 16.3 Å². The number of nitrogens with zero attached hydrogens (tertiary/aromatic N) is 3. The molecule has 3 heterocycles. The van der Waals surface area contributed by atoms with Crippen molar-refractivity contribution in [3.8, 4) is 16.3 Å². The van der Waals surface area contributed by atoms with Gasteiger partial charge in [-0.1, -0.05) is 18.2 Å². The second-order valence-corrected chi connectivity index (χ2v) is 5.82. The van der Waals surface area contributed by atoms with Crippen molar-refractivity contribution < 1.29 is 0 Å². The van der Waals surface area contributed by atoms with Gasteiger partial charge in [0.1, 0.15) is 5.69 Å². The topological polar surface area (TPSA) is 56.7 Å². The van der Waals surface area contributed by atoms with Crippen LogP contribution in [-0.2, 0) is 0 Å². The predicted molar refractivity (Wildman–Crippen MR) is 86.6 cm³/mol. The van der Waals surface area contributed by atoms with Crippen molar-refractivity contribution in [2.75, 3.05) is 5.73 Å². The number of nitrogen functional groups attached to an aromatic ring is 1. The van der Waals surface area contributed by atoms with Gasteiger partial charge in [-0.25, -0.2) is 4.68 Å². The molecule has 0 bridgehead atoms. The fourth-order valence-corrected chi connectivity index (χ4v) is 3.38. The van der Waals surface area contributed by atoms with Crippen LogP contribution in [0.25, 0.3) is 26.3 Å². The number of pyridine rings is 1. The van der Waals surface area contributed by atoms with E-state index in [2.05, 4.69) is 28.3 Å². The largest absolute Gasteiger partial charge is 0.396 e. The molecule has 4 nitrogen and oxygen atoms in total. The van der Waals surface area contributed by atoms with Crippen molar-refractivity contribution in [1.29, 1.82) is 0 Å². The summed E-state index contributed by atoms with van der Waals surface area (Å²) in [5, 5.41) is 5.84. The zero-order valence-electron chi connectivity index (χ0n) is 11.1. The van der Waals surface area contributed by atoms with Gasteiger partial charge in [0.2, 0.25) is 0 Å². The van der Waals surface area contributed by atoms with Crippen LogP contribution in [0, 0.1) is 0 Å². The van der Waals surface area contributed by atoms with E-state index >= 15 is 0 Å². The summed E-state index contributed by atoms with van der Waals surface area (Å²) in [6.07, 6.45) is 5.33. The van der Waals surface area contributed by atoms with Gasteiger partial charge in [-0.15, -0.1) is 11.3 Å². The maximum atomic E-state index is 6.14. The molecule has 0 spiro atoms. The minimum absolute atomic E-state index is 0.679. The molecule has 1 aromatic carbocycles. The first-order valence-electron chi connectivity index (χ1n) is 6.56. The molecule has 0 saturated carbocycles. The Kier molecular flexibility index (Phi) is 2.72. The minimum atomic E-state index is 0.679. The SMILES string of the molecule is Nc1cn(-c2ccncc2)nc1-c1cc2ccccc2s1. The summed E-state index contributed by atoms with van der Waals surface area (Å²) in [4.78, 5) is 5.10. The zero-order valence-corrected chi connectivity index (χ0v) is 11.9. The van der Waals surface area contributed by atoms with Crippen molar-refractivity contribution in [2.45, 2.75) is 0 Å². The number of hydrogen-bond acceptors (Lipinski definition) is 4. The zero-order chi connectivity index (χ0) is 14.2. The summed E-state index contributed by atoms with van der Waals surface area (Å²) in [6.45, 7) is 0. The normalized spacial score (nSPS) is 11.0. The molecule has 2 N–H and O–H groups in total. The number of anilines is 1. The Hall–Kier alpha value is -2.66. The lowest BCUT2D eigenvalue weighted by Gasteiger charge is -1.98. The average Bonchev–Trinajstić information content (AvgIpc) is 3.11. The van der Waals surface area contributed by atoms with E-state index in [9.17, 15) is 0 Å². The number of fused-ring (bicyclic) bond motifs is 1. The van der Waals surface area contributed by atoms with E-state index < -0.39 is 0 Å². The number of benzene rings is 1. The molecule has 0 radical (unpaired) electrons. The van der Waals surface area contributed by atoms with Crippen LogP contribution in [0.5, 0.6) is 0 Å². The maximum Gasteiger partial charge on any atom is 0.126 e. The number of rotatable bonds is 2. The first-order valence-corrected chi connectivity index (χ1v) is 7.37. The molecule has 0 fully saturated rings. The molecule has 3 aromatic heterocycles. The summed E-state index contributed by atoms with van der Waals surface area (Å²) in [6, 6.07) is 14.2. The summed E-state index contributed by atoms with van der Waals surface area (Å²) >= 11 is 1.70. The molecule has 4 rings (SSSR count). The van der Waals surface area contributed by atoms with E-state index in [1.54, 1.807) is 28.4 Å². The van der Waals surface area contributed by atoms with Gasteiger partial charge in [-0.3, -0.25) is 4.98 Å². The molecular formula is C16H12N4S.